The second-order valence-corrected chi connectivity index (χ2v) is 5.68. The lowest BCUT2D eigenvalue weighted by molar-refractivity contribution is -0.165. The first-order valence-electron chi connectivity index (χ1n) is 5.84. The fourth-order valence-corrected chi connectivity index (χ4v) is 2.72. The zero-order chi connectivity index (χ0) is 10.2. The van der Waals surface area contributed by atoms with E-state index in [2.05, 4.69) is 13.8 Å². The molecule has 2 aliphatic rings. The Morgan fingerprint density at radius 2 is 1.86 bits per heavy atom. The van der Waals surface area contributed by atoms with E-state index >= 15 is 0 Å². The van der Waals surface area contributed by atoms with Crippen LogP contribution in [0, 0.1) is 11.3 Å². The van der Waals surface area contributed by atoms with Crippen molar-refractivity contribution in [2.75, 3.05) is 13.2 Å². The standard InChI is InChI=1S/C12H22O2/c1-11(2)5-6-12(11,13)9-10-3-7-14-8-4-10/h10,13H,3-9H2,1-2H3. The van der Waals surface area contributed by atoms with Gasteiger partial charge < -0.3 is 9.84 Å². The molecule has 1 N–H and O–H groups in total. The lowest BCUT2D eigenvalue weighted by atomic mass is 9.56. The molecular weight excluding hydrogens is 176 g/mol. The van der Waals surface area contributed by atoms with Gasteiger partial charge in [-0.15, -0.1) is 0 Å². The third-order valence-electron chi connectivity index (χ3n) is 4.39. The van der Waals surface area contributed by atoms with Crippen molar-refractivity contribution in [1.29, 1.82) is 0 Å². The van der Waals surface area contributed by atoms with Crippen LogP contribution < -0.4 is 0 Å². The Labute approximate surface area is 86.6 Å². The molecule has 1 aliphatic heterocycles. The maximum absolute atomic E-state index is 10.4. The summed E-state index contributed by atoms with van der Waals surface area (Å²) in [6.45, 7) is 6.16. The molecule has 2 nitrogen and oxygen atoms in total. The number of ether oxygens (including phenoxy) is 1. The smallest absolute Gasteiger partial charge is 0.0701 e. The third-order valence-corrected chi connectivity index (χ3v) is 4.39. The zero-order valence-corrected chi connectivity index (χ0v) is 9.38. The summed E-state index contributed by atoms with van der Waals surface area (Å²) in [5.41, 5.74) is -0.236. The van der Waals surface area contributed by atoms with Crippen LogP contribution in [0.4, 0.5) is 0 Å². The van der Waals surface area contributed by atoms with E-state index in [4.69, 9.17) is 4.74 Å². The van der Waals surface area contributed by atoms with E-state index in [0.717, 1.165) is 38.9 Å². The highest BCUT2D eigenvalue weighted by molar-refractivity contribution is 5.03. The summed E-state index contributed by atoms with van der Waals surface area (Å²) < 4.78 is 5.34. The number of hydrogen-bond acceptors (Lipinski definition) is 2. The van der Waals surface area contributed by atoms with Gasteiger partial charge in [-0.3, -0.25) is 0 Å². The van der Waals surface area contributed by atoms with E-state index in [1.807, 2.05) is 0 Å². The molecule has 0 aromatic heterocycles. The SMILES string of the molecule is CC1(C)CCC1(O)CC1CCOCC1. The molecule has 1 saturated carbocycles. The van der Waals surface area contributed by atoms with Gasteiger partial charge in [0.2, 0.25) is 0 Å². The summed E-state index contributed by atoms with van der Waals surface area (Å²) in [5, 5.41) is 10.4. The van der Waals surface area contributed by atoms with Crippen LogP contribution in [-0.2, 0) is 4.74 Å². The molecule has 1 unspecified atom stereocenters. The average molecular weight is 198 g/mol. The average Bonchev–Trinajstić information content (AvgIpc) is 2.18. The maximum atomic E-state index is 10.4. The largest absolute Gasteiger partial charge is 0.389 e. The van der Waals surface area contributed by atoms with Gasteiger partial charge in [-0.2, -0.15) is 0 Å². The monoisotopic (exact) mass is 198 g/mol. The summed E-state index contributed by atoms with van der Waals surface area (Å²) in [6.07, 6.45) is 5.43. The van der Waals surface area contributed by atoms with Crippen LogP contribution in [0.15, 0.2) is 0 Å². The van der Waals surface area contributed by atoms with Gasteiger partial charge in [0, 0.05) is 13.2 Å². The molecule has 2 fully saturated rings. The van der Waals surface area contributed by atoms with Crippen molar-refractivity contribution in [3.05, 3.63) is 0 Å². The van der Waals surface area contributed by atoms with E-state index in [9.17, 15) is 5.11 Å². The van der Waals surface area contributed by atoms with E-state index in [1.54, 1.807) is 0 Å². The molecule has 0 amide bonds. The van der Waals surface area contributed by atoms with E-state index in [1.165, 1.54) is 6.42 Å². The summed E-state index contributed by atoms with van der Waals surface area (Å²) in [6, 6.07) is 0. The minimum absolute atomic E-state index is 0.144. The molecule has 2 rings (SSSR count). The Morgan fingerprint density at radius 3 is 2.29 bits per heavy atom. The molecule has 1 aliphatic carbocycles. The molecule has 0 bridgehead atoms. The van der Waals surface area contributed by atoms with Gasteiger partial charge in [0.25, 0.3) is 0 Å². The van der Waals surface area contributed by atoms with Crippen molar-refractivity contribution < 1.29 is 9.84 Å². The lowest BCUT2D eigenvalue weighted by Gasteiger charge is -2.54. The van der Waals surface area contributed by atoms with Gasteiger partial charge in [-0.05, 0) is 43.4 Å². The zero-order valence-electron chi connectivity index (χ0n) is 9.38. The fourth-order valence-electron chi connectivity index (χ4n) is 2.72. The summed E-state index contributed by atoms with van der Waals surface area (Å²) in [7, 11) is 0. The Balaban J connectivity index is 1.90. The highest BCUT2D eigenvalue weighted by Crippen LogP contribution is 2.53. The van der Waals surface area contributed by atoms with Crippen LogP contribution in [0.3, 0.4) is 0 Å². The first-order valence-corrected chi connectivity index (χ1v) is 5.84. The Hall–Kier alpha value is -0.0800. The predicted octanol–water partition coefficient (Wildman–Crippen LogP) is 2.35. The fraction of sp³-hybridized carbons (Fsp3) is 1.00. The topological polar surface area (TPSA) is 29.5 Å². The number of hydrogen-bond donors (Lipinski definition) is 1. The first-order chi connectivity index (χ1) is 6.54. The molecule has 1 saturated heterocycles. The molecule has 14 heavy (non-hydrogen) atoms. The van der Waals surface area contributed by atoms with Crippen molar-refractivity contribution in [2.45, 2.75) is 51.6 Å². The molecule has 82 valence electrons. The Bertz CT molecular complexity index is 206. The van der Waals surface area contributed by atoms with Crippen molar-refractivity contribution >= 4 is 0 Å². The van der Waals surface area contributed by atoms with Gasteiger partial charge in [-0.25, -0.2) is 0 Å². The van der Waals surface area contributed by atoms with Crippen molar-refractivity contribution in [2.24, 2.45) is 11.3 Å². The van der Waals surface area contributed by atoms with E-state index in [0.29, 0.717) is 5.92 Å². The maximum Gasteiger partial charge on any atom is 0.0701 e. The molecule has 0 aromatic carbocycles. The normalized spacial score (nSPS) is 37.9. The van der Waals surface area contributed by atoms with E-state index in [-0.39, 0.29) is 11.0 Å². The molecule has 2 heteroatoms. The Morgan fingerprint density at radius 1 is 1.21 bits per heavy atom. The van der Waals surface area contributed by atoms with Crippen LogP contribution in [0.2, 0.25) is 0 Å². The second kappa shape index (κ2) is 3.49. The van der Waals surface area contributed by atoms with Gasteiger partial charge in [0.1, 0.15) is 0 Å². The minimum atomic E-state index is -0.380. The Kier molecular flexibility index (Phi) is 2.61. The van der Waals surface area contributed by atoms with E-state index < -0.39 is 0 Å². The molecule has 0 aromatic rings. The van der Waals surface area contributed by atoms with Crippen molar-refractivity contribution in [3.63, 3.8) is 0 Å². The quantitative estimate of drug-likeness (QED) is 0.738. The molecule has 1 atom stereocenters. The minimum Gasteiger partial charge on any atom is -0.389 e. The predicted molar refractivity (Wildman–Crippen MR) is 56.1 cm³/mol. The third kappa shape index (κ3) is 1.70. The van der Waals surface area contributed by atoms with Crippen LogP contribution >= 0.6 is 0 Å². The van der Waals surface area contributed by atoms with Crippen LogP contribution in [-0.4, -0.2) is 23.9 Å². The highest BCUT2D eigenvalue weighted by atomic mass is 16.5. The molecular formula is C12H22O2. The van der Waals surface area contributed by atoms with Crippen molar-refractivity contribution in [3.8, 4) is 0 Å². The van der Waals surface area contributed by atoms with Crippen molar-refractivity contribution in [1.82, 2.24) is 0 Å². The highest BCUT2D eigenvalue weighted by Gasteiger charge is 2.52. The number of aliphatic hydroxyl groups is 1. The van der Waals surface area contributed by atoms with Crippen LogP contribution in [0.5, 0.6) is 0 Å². The molecule has 0 spiro atoms. The van der Waals surface area contributed by atoms with Gasteiger partial charge in [-0.1, -0.05) is 13.8 Å². The summed E-state index contributed by atoms with van der Waals surface area (Å²) in [4.78, 5) is 0. The molecule has 1 heterocycles. The van der Waals surface area contributed by atoms with Crippen LogP contribution in [0.1, 0.15) is 46.0 Å². The summed E-state index contributed by atoms with van der Waals surface area (Å²) >= 11 is 0. The molecule has 0 radical (unpaired) electrons. The first kappa shape index (κ1) is 10.4. The number of rotatable bonds is 2. The van der Waals surface area contributed by atoms with Gasteiger partial charge in [0.15, 0.2) is 0 Å². The lowest BCUT2D eigenvalue weighted by Crippen LogP contribution is -2.55. The summed E-state index contributed by atoms with van der Waals surface area (Å²) in [5.74, 6) is 0.688. The van der Waals surface area contributed by atoms with Gasteiger partial charge >= 0.3 is 0 Å². The van der Waals surface area contributed by atoms with Crippen LogP contribution in [0.25, 0.3) is 0 Å². The second-order valence-electron chi connectivity index (χ2n) is 5.68. The van der Waals surface area contributed by atoms with Gasteiger partial charge in [0.05, 0.1) is 5.60 Å².